The lowest BCUT2D eigenvalue weighted by atomic mass is 10.1. The van der Waals surface area contributed by atoms with E-state index in [9.17, 15) is 14.4 Å². The van der Waals surface area contributed by atoms with E-state index >= 15 is 0 Å². The number of hydrogen-bond donors (Lipinski definition) is 1. The summed E-state index contributed by atoms with van der Waals surface area (Å²) < 4.78 is 15.3. The van der Waals surface area contributed by atoms with Crippen molar-refractivity contribution in [1.29, 1.82) is 5.26 Å². The fourth-order valence-corrected chi connectivity index (χ4v) is 5.11. The molecule has 1 atom stereocenters. The average molecular weight is 528 g/mol. The van der Waals surface area contributed by atoms with Gasteiger partial charge >= 0.3 is 0 Å². The van der Waals surface area contributed by atoms with Gasteiger partial charge in [-0.2, -0.15) is 5.26 Å². The predicted octanol–water partition coefficient (Wildman–Crippen LogP) is 4.51. The summed E-state index contributed by atoms with van der Waals surface area (Å²) in [4.78, 5) is 29.6. The maximum atomic E-state index is 14.3. The van der Waals surface area contributed by atoms with E-state index in [1.165, 1.54) is 18.5 Å². The first kappa shape index (κ1) is 24.8. The number of nitrogens with two attached hydrogens (primary N) is 1. The second kappa shape index (κ2) is 10.3. The number of nitriles is 1. The van der Waals surface area contributed by atoms with Gasteiger partial charge in [0.05, 0.1) is 22.6 Å². The van der Waals surface area contributed by atoms with Crippen molar-refractivity contribution in [2.75, 3.05) is 17.2 Å². The smallest absolute Gasteiger partial charge is 0.267 e. The van der Waals surface area contributed by atoms with E-state index in [-0.39, 0.29) is 28.8 Å². The first-order valence-electron chi connectivity index (χ1n) is 12.7. The van der Waals surface area contributed by atoms with Crippen LogP contribution in [0.2, 0.25) is 0 Å². The maximum absolute atomic E-state index is 14.3. The number of rotatable bonds is 3. The number of benzene rings is 3. The highest BCUT2D eigenvalue weighted by Crippen LogP contribution is 2.37. The van der Waals surface area contributed by atoms with Gasteiger partial charge in [0.2, 0.25) is 0 Å². The van der Waals surface area contributed by atoms with E-state index in [0.29, 0.717) is 52.3 Å². The van der Waals surface area contributed by atoms with Gasteiger partial charge in [-0.25, -0.2) is 19.3 Å². The average Bonchev–Trinajstić information content (AvgIpc) is 3.46. The molecule has 1 fully saturated rings. The van der Waals surface area contributed by atoms with Crippen molar-refractivity contribution in [1.82, 2.24) is 19.5 Å². The monoisotopic (exact) mass is 527 g/mol. The topological polar surface area (TPSA) is 114 Å². The molecule has 3 heterocycles. The van der Waals surface area contributed by atoms with E-state index in [1.54, 1.807) is 34.9 Å². The second-order valence-electron chi connectivity index (χ2n) is 9.33. The van der Waals surface area contributed by atoms with Crippen LogP contribution in [0.1, 0.15) is 41.4 Å². The Morgan fingerprint density at radius 1 is 1.00 bits per heavy atom. The van der Waals surface area contributed by atoms with Crippen LogP contribution in [0.5, 0.6) is 0 Å². The molecular formula is C31H22FN7O. The van der Waals surface area contributed by atoms with Crippen LogP contribution in [0.4, 0.5) is 16.0 Å². The summed E-state index contributed by atoms with van der Waals surface area (Å²) in [7, 11) is 0. The van der Waals surface area contributed by atoms with Crippen molar-refractivity contribution in [2.24, 2.45) is 0 Å². The largest absolute Gasteiger partial charge is 0.382 e. The number of anilines is 2. The minimum absolute atomic E-state index is 0.103. The molecule has 0 saturated carbocycles. The Bertz CT molecular complexity index is 1920. The van der Waals surface area contributed by atoms with Crippen LogP contribution in [0.3, 0.4) is 0 Å². The molecule has 5 aromatic rings. The summed E-state index contributed by atoms with van der Waals surface area (Å²) in [6.45, 7) is 0.609. The summed E-state index contributed by atoms with van der Waals surface area (Å²) >= 11 is 0. The highest BCUT2D eigenvalue weighted by atomic mass is 19.1. The Balaban J connectivity index is 1.57. The molecule has 0 unspecified atom stereocenters. The number of fused-ring (bicyclic) bond motifs is 1. The lowest BCUT2D eigenvalue weighted by molar-refractivity contribution is 0.627. The molecule has 1 aliphatic rings. The normalized spacial score (nSPS) is 14.5. The molecule has 0 spiro atoms. The molecule has 2 aromatic heterocycles. The summed E-state index contributed by atoms with van der Waals surface area (Å²) in [6, 6.07) is 22.4. The molecule has 40 heavy (non-hydrogen) atoms. The summed E-state index contributed by atoms with van der Waals surface area (Å²) in [6.07, 6.45) is 2.84. The van der Waals surface area contributed by atoms with Crippen molar-refractivity contribution < 1.29 is 4.39 Å². The molecule has 8 nitrogen and oxygen atoms in total. The Hall–Kier alpha value is -5.54. The van der Waals surface area contributed by atoms with Crippen LogP contribution in [0, 0.1) is 29.0 Å². The van der Waals surface area contributed by atoms with Gasteiger partial charge < -0.3 is 10.6 Å². The van der Waals surface area contributed by atoms with Crippen molar-refractivity contribution in [3.63, 3.8) is 0 Å². The van der Waals surface area contributed by atoms with Gasteiger partial charge in [0.25, 0.3) is 5.56 Å². The Morgan fingerprint density at radius 3 is 2.62 bits per heavy atom. The first-order chi connectivity index (χ1) is 19.5. The summed E-state index contributed by atoms with van der Waals surface area (Å²) in [5.41, 5.74) is 8.06. The van der Waals surface area contributed by atoms with Gasteiger partial charge in [-0.15, -0.1) is 0 Å². The zero-order valence-corrected chi connectivity index (χ0v) is 21.3. The number of aromatic nitrogens is 4. The number of nitrogen functional groups attached to an aromatic ring is 1. The van der Waals surface area contributed by atoms with Crippen molar-refractivity contribution in [3.05, 3.63) is 118 Å². The van der Waals surface area contributed by atoms with Gasteiger partial charge in [0, 0.05) is 17.7 Å². The molecule has 0 radical (unpaired) electrons. The maximum Gasteiger partial charge on any atom is 0.267 e. The van der Waals surface area contributed by atoms with Crippen LogP contribution >= 0.6 is 0 Å². The molecule has 1 aliphatic heterocycles. The molecular weight excluding hydrogens is 505 g/mol. The van der Waals surface area contributed by atoms with Gasteiger partial charge in [-0.3, -0.25) is 9.36 Å². The minimum atomic E-state index is -0.381. The molecule has 1 saturated heterocycles. The molecule has 2 N–H and O–H groups in total. The molecule has 6 rings (SSSR count). The Labute approximate surface area is 229 Å². The van der Waals surface area contributed by atoms with E-state index in [0.717, 1.165) is 6.42 Å². The Kier molecular flexibility index (Phi) is 6.39. The molecule has 9 heteroatoms. The fraction of sp³-hybridized carbons (Fsp3) is 0.129. The fourth-order valence-electron chi connectivity index (χ4n) is 5.11. The zero-order chi connectivity index (χ0) is 27.6. The second-order valence-corrected chi connectivity index (χ2v) is 9.33. The lowest BCUT2D eigenvalue weighted by Gasteiger charge is -2.28. The number of nitrogens with zero attached hydrogens (tertiary/aromatic N) is 6. The molecule has 0 amide bonds. The third kappa shape index (κ3) is 4.40. The summed E-state index contributed by atoms with van der Waals surface area (Å²) in [5.74, 6) is 6.68. The van der Waals surface area contributed by atoms with Gasteiger partial charge in [-0.1, -0.05) is 42.2 Å². The minimum Gasteiger partial charge on any atom is -0.382 e. The van der Waals surface area contributed by atoms with Crippen molar-refractivity contribution in [3.8, 4) is 23.6 Å². The number of hydrogen-bond acceptors (Lipinski definition) is 7. The SMILES string of the molecule is N#Cc1c(N)ncnc1N1CCC[C@H]1c1nc2cccc(C#Cc3cccc(F)c3)c2c(=O)n1-c1ccccc1. The third-order valence-electron chi connectivity index (χ3n) is 6.90. The van der Waals surface area contributed by atoms with Crippen LogP contribution in [0.15, 0.2) is 83.9 Å². The number of halogens is 1. The predicted molar refractivity (Wildman–Crippen MR) is 150 cm³/mol. The summed E-state index contributed by atoms with van der Waals surface area (Å²) in [5, 5.41) is 10.1. The quantitative estimate of drug-likeness (QED) is 0.344. The standard InChI is InChI=1S/C31H22FN7O/c32-22-9-4-7-20(17-22)14-15-21-8-5-12-25-27(21)31(40)39(23-10-2-1-3-11-23)30(37-25)26-13-6-16-38(26)29-24(18-33)28(34)35-19-36-29/h1-5,7-12,17,19,26H,6,13,16H2,(H2,34,35,36)/t26-/m0/s1. The van der Waals surface area contributed by atoms with Gasteiger partial charge in [0.15, 0.2) is 5.82 Å². The Morgan fingerprint density at radius 2 is 1.82 bits per heavy atom. The van der Waals surface area contributed by atoms with Crippen molar-refractivity contribution >= 4 is 22.5 Å². The molecule has 3 aromatic carbocycles. The van der Waals surface area contributed by atoms with Crippen LogP contribution in [-0.4, -0.2) is 26.1 Å². The van der Waals surface area contributed by atoms with Gasteiger partial charge in [0.1, 0.15) is 35.4 Å². The molecule has 0 bridgehead atoms. The first-order valence-corrected chi connectivity index (χ1v) is 12.7. The van der Waals surface area contributed by atoms with Crippen LogP contribution < -0.4 is 16.2 Å². The highest BCUT2D eigenvalue weighted by molar-refractivity contribution is 5.85. The molecule has 194 valence electrons. The number of para-hydroxylation sites is 1. The zero-order valence-electron chi connectivity index (χ0n) is 21.3. The highest BCUT2D eigenvalue weighted by Gasteiger charge is 2.34. The molecule has 0 aliphatic carbocycles. The van der Waals surface area contributed by atoms with E-state index < -0.39 is 0 Å². The van der Waals surface area contributed by atoms with E-state index in [1.807, 2.05) is 35.2 Å². The van der Waals surface area contributed by atoms with E-state index in [4.69, 9.17) is 10.7 Å². The van der Waals surface area contributed by atoms with Crippen LogP contribution in [-0.2, 0) is 0 Å². The van der Waals surface area contributed by atoms with Crippen molar-refractivity contribution in [2.45, 2.75) is 18.9 Å². The van der Waals surface area contributed by atoms with Gasteiger partial charge in [-0.05, 0) is 55.3 Å². The van der Waals surface area contributed by atoms with Crippen LogP contribution in [0.25, 0.3) is 16.6 Å². The van der Waals surface area contributed by atoms with E-state index in [2.05, 4.69) is 27.9 Å². The lowest BCUT2D eigenvalue weighted by Crippen LogP contribution is -2.32. The third-order valence-corrected chi connectivity index (χ3v) is 6.90.